The Hall–Kier alpha value is -4.12. The highest BCUT2D eigenvalue weighted by Gasteiger charge is 2.18. The summed E-state index contributed by atoms with van der Waals surface area (Å²) in [4.78, 5) is 25.5. The highest BCUT2D eigenvalue weighted by Crippen LogP contribution is 2.22. The van der Waals surface area contributed by atoms with E-state index in [-0.39, 0.29) is 11.8 Å². The minimum atomic E-state index is -0.739. The van der Waals surface area contributed by atoms with Crippen LogP contribution in [0.15, 0.2) is 97.1 Å². The number of hydrogen-bond donors (Lipinski definition) is 2. The van der Waals surface area contributed by atoms with Crippen LogP contribution >= 0.6 is 0 Å². The van der Waals surface area contributed by atoms with E-state index >= 15 is 0 Å². The molecule has 0 saturated carbocycles. The van der Waals surface area contributed by atoms with E-state index in [1.807, 2.05) is 72.8 Å². The van der Waals surface area contributed by atoms with Crippen LogP contribution in [0.4, 0.5) is 5.69 Å². The maximum atomic E-state index is 12.8. The van der Waals surface area contributed by atoms with E-state index in [2.05, 4.69) is 10.6 Å². The fourth-order valence-electron chi connectivity index (χ4n) is 3.40. The molecule has 1 atom stereocenters. The molecule has 0 aliphatic rings. The van der Waals surface area contributed by atoms with Crippen molar-refractivity contribution >= 4 is 28.3 Å². The maximum absolute atomic E-state index is 12.8. The predicted octanol–water partition coefficient (Wildman–Crippen LogP) is 5.18. The topological polar surface area (TPSA) is 67.4 Å². The van der Waals surface area contributed by atoms with Gasteiger partial charge in [-0.2, -0.15) is 0 Å². The van der Waals surface area contributed by atoms with Gasteiger partial charge in [-0.1, -0.05) is 72.8 Å². The molecule has 0 heterocycles. The third kappa shape index (κ3) is 5.13. The van der Waals surface area contributed by atoms with Gasteiger partial charge in [-0.15, -0.1) is 0 Å². The zero-order valence-corrected chi connectivity index (χ0v) is 17.7. The molecule has 0 aliphatic heterocycles. The normalized spacial score (nSPS) is 11.5. The summed E-state index contributed by atoms with van der Waals surface area (Å²) in [5.74, 6) is 0.0227. The fourth-order valence-corrected chi connectivity index (χ4v) is 3.40. The van der Waals surface area contributed by atoms with Gasteiger partial charge >= 0.3 is 0 Å². The van der Waals surface area contributed by atoms with Crippen molar-refractivity contribution in [1.82, 2.24) is 5.32 Å². The minimum Gasteiger partial charge on any atom is -0.481 e. The van der Waals surface area contributed by atoms with Gasteiger partial charge in [-0.05, 0) is 47.5 Å². The number of benzene rings is 4. The summed E-state index contributed by atoms with van der Waals surface area (Å²) >= 11 is 0. The lowest BCUT2D eigenvalue weighted by Gasteiger charge is -2.17. The third-order valence-corrected chi connectivity index (χ3v) is 5.13. The second kappa shape index (κ2) is 9.79. The molecule has 0 bridgehead atoms. The van der Waals surface area contributed by atoms with Gasteiger partial charge in [0.2, 0.25) is 0 Å². The first kappa shape index (κ1) is 21.1. The Bertz CT molecular complexity index is 1240. The van der Waals surface area contributed by atoms with Crippen molar-refractivity contribution in [2.75, 3.05) is 5.32 Å². The minimum absolute atomic E-state index is 0.257. The van der Waals surface area contributed by atoms with Gasteiger partial charge in [0.15, 0.2) is 6.10 Å². The highest BCUT2D eigenvalue weighted by molar-refractivity contribution is 6.04. The van der Waals surface area contributed by atoms with Gasteiger partial charge in [0, 0.05) is 6.54 Å². The molecule has 0 spiro atoms. The number of carbonyl (C=O) groups is 2. The van der Waals surface area contributed by atoms with Crippen molar-refractivity contribution in [3.8, 4) is 5.75 Å². The molecule has 5 nitrogen and oxygen atoms in total. The number of anilines is 1. The van der Waals surface area contributed by atoms with Gasteiger partial charge in [0.25, 0.3) is 11.8 Å². The quantitative estimate of drug-likeness (QED) is 0.430. The van der Waals surface area contributed by atoms with E-state index in [1.165, 1.54) is 0 Å². The summed E-state index contributed by atoms with van der Waals surface area (Å²) in [6.45, 7) is 2.09. The number of fused-ring (bicyclic) bond motifs is 1. The van der Waals surface area contributed by atoms with Crippen molar-refractivity contribution < 1.29 is 14.3 Å². The van der Waals surface area contributed by atoms with Crippen LogP contribution in [0.1, 0.15) is 22.8 Å². The molecular formula is C27H24N2O3. The third-order valence-electron chi connectivity index (χ3n) is 5.13. The van der Waals surface area contributed by atoms with Crippen LogP contribution in [-0.4, -0.2) is 17.9 Å². The Morgan fingerprint density at radius 2 is 1.50 bits per heavy atom. The number of amides is 2. The van der Waals surface area contributed by atoms with Gasteiger partial charge in [-0.25, -0.2) is 0 Å². The van der Waals surface area contributed by atoms with Gasteiger partial charge in [0.1, 0.15) is 5.75 Å². The lowest BCUT2D eigenvalue weighted by atomic mass is 10.1. The zero-order chi connectivity index (χ0) is 22.3. The van der Waals surface area contributed by atoms with Crippen LogP contribution in [0.3, 0.4) is 0 Å². The Morgan fingerprint density at radius 1 is 0.812 bits per heavy atom. The van der Waals surface area contributed by atoms with Crippen molar-refractivity contribution in [2.24, 2.45) is 0 Å². The molecule has 0 fully saturated rings. The molecule has 4 aromatic carbocycles. The first-order valence-electron chi connectivity index (χ1n) is 10.5. The van der Waals surface area contributed by atoms with E-state index in [9.17, 15) is 9.59 Å². The summed E-state index contributed by atoms with van der Waals surface area (Å²) in [7, 11) is 0. The van der Waals surface area contributed by atoms with Gasteiger partial charge < -0.3 is 15.4 Å². The Balaban J connectivity index is 1.41. The van der Waals surface area contributed by atoms with Gasteiger partial charge in [0.05, 0.1) is 11.3 Å². The number of nitrogens with one attached hydrogen (secondary N) is 2. The second-order valence-electron chi connectivity index (χ2n) is 7.47. The average Bonchev–Trinajstić information content (AvgIpc) is 2.83. The van der Waals surface area contributed by atoms with Crippen LogP contribution < -0.4 is 15.4 Å². The summed E-state index contributed by atoms with van der Waals surface area (Å²) < 4.78 is 5.85. The smallest absolute Gasteiger partial charge is 0.265 e. The van der Waals surface area contributed by atoms with E-state index < -0.39 is 6.10 Å². The molecular weight excluding hydrogens is 400 g/mol. The molecule has 2 amide bonds. The van der Waals surface area contributed by atoms with E-state index in [4.69, 9.17) is 4.74 Å². The Morgan fingerprint density at radius 3 is 2.31 bits per heavy atom. The van der Waals surface area contributed by atoms with Crippen molar-refractivity contribution in [2.45, 2.75) is 19.6 Å². The summed E-state index contributed by atoms with van der Waals surface area (Å²) in [6.07, 6.45) is -0.739. The van der Waals surface area contributed by atoms with E-state index in [1.54, 1.807) is 31.2 Å². The molecule has 32 heavy (non-hydrogen) atoms. The molecule has 5 heteroatoms. The lowest BCUT2D eigenvalue weighted by molar-refractivity contribution is -0.122. The summed E-state index contributed by atoms with van der Waals surface area (Å²) in [6, 6.07) is 30.3. The molecule has 0 saturated heterocycles. The van der Waals surface area contributed by atoms with E-state index in [0.29, 0.717) is 23.5 Å². The van der Waals surface area contributed by atoms with Crippen molar-refractivity contribution in [3.63, 3.8) is 0 Å². The fraction of sp³-hybridized carbons (Fsp3) is 0.111. The number of hydrogen-bond acceptors (Lipinski definition) is 3. The van der Waals surface area contributed by atoms with Crippen LogP contribution in [0.2, 0.25) is 0 Å². The first-order chi connectivity index (χ1) is 15.6. The molecule has 4 aromatic rings. The Kier molecular flexibility index (Phi) is 6.46. The molecule has 0 unspecified atom stereocenters. The number of carbonyl (C=O) groups excluding carboxylic acids is 2. The largest absolute Gasteiger partial charge is 0.481 e. The van der Waals surface area contributed by atoms with Crippen LogP contribution in [-0.2, 0) is 11.3 Å². The number of ether oxygens (including phenoxy) is 1. The van der Waals surface area contributed by atoms with E-state index in [0.717, 1.165) is 16.3 Å². The highest BCUT2D eigenvalue weighted by atomic mass is 16.5. The van der Waals surface area contributed by atoms with Crippen LogP contribution in [0, 0.1) is 0 Å². The molecule has 2 N–H and O–H groups in total. The monoisotopic (exact) mass is 424 g/mol. The molecule has 0 aromatic heterocycles. The summed E-state index contributed by atoms with van der Waals surface area (Å²) in [5, 5.41) is 7.86. The number of rotatable bonds is 7. The molecule has 4 rings (SSSR count). The van der Waals surface area contributed by atoms with Gasteiger partial charge in [-0.3, -0.25) is 9.59 Å². The molecule has 160 valence electrons. The number of para-hydroxylation sites is 1. The van der Waals surface area contributed by atoms with Crippen LogP contribution in [0.5, 0.6) is 5.75 Å². The lowest BCUT2D eigenvalue weighted by Crippen LogP contribution is -2.31. The molecule has 0 aliphatic carbocycles. The van der Waals surface area contributed by atoms with Crippen molar-refractivity contribution in [1.29, 1.82) is 0 Å². The van der Waals surface area contributed by atoms with Crippen LogP contribution in [0.25, 0.3) is 10.8 Å². The average molecular weight is 425 g/mol. The zero-order valence-electron chi connectivity index (χ0n) is 17.7. The maximum Gasteiger partial charge on any atom is 0.265 e. The Labute approximate surface area is 187 Å². The standard InChI is InChI=1S/C27H24N2O3/c1-19(32-23-16-15-21-11-5-6-12-22(21)17-23)26(30)29-25-14-8-7-13-24(25)27(31)28-18-20-9-3-2-4-10-20/h2-17,19H,18H2,1H3,(H,28,31)(H,29,30)/t19-/m1/s1. The molecule has 0 radical (unpaired) electrons. The first-order valence-corrected chi connectivity index (χ1v) is 10.5. The second-order valence-corrected chi connectivity index (χ2v) is 7.47. The predicted molar refractivity (Wildman–Crippen MR) is 127 cm³/mol. The SMILES string of the molecule is C[C@@H](Oc1ccc2ccccc2c1)C(=O)Nc1ccccc1C(=O)NCc1ccccc1. The summed E-state index contributed by atoms with van der Waals surface area (Å²) in [5.41, 5.74) is 1.84. The van der Waals surface area contributed by atoms with Crippen molar-refractivity contribution in [3.05, 3.63) is 108 Å².